The van der Waals surface area contributed by atoms with Gasteiger partial charge in [-0.1, -0.05) is 28.4 Å². The Labute approximate surface area is 152 Å². The molecule has 0 bridgehead atoms. The summed E-state index contributed by atoms with van der Waals surface area (Å²) in [5.74, 6) is -0.217. The van der Waals surface area contributed by atoms with Crippen LogP contribution in [0, 0.1) is 0 Å². The van der Waals surface area contributed by atoms with Gasteiger partial charge >= 0.3 is 5.97 Å². The fraction of sp³-hybridized carbons (Fsp3) is 0.125. The van der Waals surface area contributed by atoms with Crippen molar-refractivity contribution in [3.63, 3.8) is 0 Å². The number of nitrogen functional groups attached to an aromatic ring is 1. The van der Waals surface area contributed by atoms with Crippen LogP contribution >= 0.6 is 23.2 Å². The van der Waals surface area contributed by atoms with Crippen LogP contribution in [0.15, 0.2) is 41.2 Å². The van der Waals surface area contributed by atoms with Crippen LogP contribution in [-0.2, 0) is 4.74 Å². The van der Waals surface area contributed by atoms with Crippen molar-refractivity contribution in [1.29, 1.82) is 0 Å². The van der Waals surface area contributed by atoms with E-state index in [9.17, 15) is 4.79 Å². The number of nitrogens with zero attached hydrogens (tertiary/aromatic N) is 3. The molecular formula is C16H12Cl2N4O3. The Kier molecular flexibility index (Phi) is 4.87. The number of benzene rings is 1. The van der Waals surface area contributed by atoms with Gasteiger partial charge in [-0.05, 0) is 31.2 Å². The Morgan fingerprint density at radius 2 is 2.16 bits per heavy atom. The first-order valence-corrected chi connectivity index (χ1v) is 7.91. The van der Waals surface area contributed by atoms with Crippen LogP contribution in [0.25, 0.3) is 11.4 Å². The number of esters is 1. The molecule has 0 fully saturated rings. The zero-order valence-electron chi connectivity index (χ0n) is 12.9. The normalized spacial score (nSPS) is 12.0. The molecule has 2 aromatic heterocycles. The van der Waals surface area contributed by atoms with Gasteiger partial charge in [-0.2, -0.15) is 4.98 Å². The van der Waals surface area contributed by atoms with Crippen LogP contribution in [0.2, 0.25) is 10.0 Å². The maximum Gasteiger partial charge on any atom is 0.341 e. The Morgan fingerprint density at radius 3 is 2.88 bits per heavy atom. The van der Waals surface area contributed by atoms with Crippen LogP contribution in [0.5, 0.6) is 0 Å². The lowest BCUT2D eigenvalue weighted by atomic mass is 10.2. The molecule has 0 aliphatic carbocycles. The number of hydrogen-bond acceptors (Lipinski definition) is 7. The van der Waals surface area contributed by atoms with Crippen molar-refractivity contribution < 1.29 is 14.1 Å². The van der Waals surface area contributed by atoms with E-state index in [4.69, 9.17) is 38.2 Å². The van der Waals surface area contributed by atoms with Gasteiger partial charge in [0.2, 0.25) is 5.82 Å². The number of hydrogen-bond donors (Lipinski definition) is 1. The Balaban J connectivity index is 1.78. The van der Waals surface area contributed by atoms with E-state index in [1.165, 1.54) is 12.1 Å². The molecule has 0 aliphatic rings. The topological polar surface area (TPSA) is 104 Å². The van der Waals surface area contributed by atoms with E-state index in [2.05, 4.69) is 15.1 Å². The lowest BCUT2D eigenvalue weighted by molar-refractivity contribution is 0.0266. The van der Waals surface area contributed by atoms with Crippen molar-refractivity contribution in [2.45, 2.75) is 13.0 Å². The second-order valence-corrected chi connectivity index (χ2v) is 5.94. The maximum atomic E-state index is 12.3. The van der Waals surface area contributed by atoms with Crippen molar-refractivity contribution in [1.82, 2.24) is 15.1 Å². The van der Waals surface area contributed by atoms with Gasteiger partial charge in [-0.3, -0.25) is 4.98 Å². The van der Waals surface area contributed by atoms with E-state index < -0.39 is 12.1 Å². The van der Waals surface area contributed by atoms with Crippen molar-refractivity contribution in [2.75, 3.05) is 5.73 Å². The molecule has 9 heteroatoms. The summed E-state index contributed by atoms with van der Waals surface area (Å²) >= 11 is 11.8. The summed E-state index contributed by atoms with van der Waals surface area (Å²) < 4.78 is 10.5. The van der Waals surface area contributed by atoms with Crippen LogP contribution < -0.4 is 5.73 Å². The Hall–Kier alpha value is -2.64. The quantitative estimate of drug-likeness (QED) is 0.541. The van der Waals surface area contributed by atoms with Crippen molar-refractivity contribution in [3.05, 3.63) is 58.2 Å². The van der Waals surface area contributed by atoms with Crippen LogP contribution in [0.3, 0.4) is 0 Å². The highest BCUT2D eigenvalue weighted by molar-refractivity contribution is 6.37. The molecule has 128 valence electrons. The molecule has 0 unspecified atom stereocenters. The zero-order chi connectivity index (χ0) is 18.0. The largest absolute Gasteiger partial charge is 0.449 e. The van der Waals surface area contributed by atoms with Gasteiger partial charge in [0.15, 0.2) is 6.10 Å². The average Bonchev–Trinajstić information content (AvgIpc) is 3.09. The molecule has 1 aromatic carbocycles. The van der Waals surface area contributed by atoms with E-state index in [1.54, 1.807) is 31.5 Å². The zero-order valence-corrected chi connectivity index (χ0v) is 14.5. The lowest BCUT2D eigenvalue weighted by Crippen LogP contribution is -2.12. The van der Waals surface area contributed by atoms with Crippen LogP contribution in [-0.4, -0.2) is 21.1 Å². The minimum atomic E-state index is -0.789. The number of nitrogens with two attached hydrogens (primary N) is 1. The molecule has 2 N–H and O–H groups in total. The summed E-state index contributed by atoms with van der Waals surface area (Å²) in [6.07, 6.45) is 2.44. The smallest absolute Gasteiger partial charge is 0.341 e. The Morgan fingerprint density at radius 1 is 1.36 bits per heavy atom. The highest BCUT2D eigenvalue weighted by Gasteiger charge is 2.22. The molecule has 0 saturated heterocycles. The second-order valence-electron chi connectivity index (χ2n) is 5.09. The van der Waals surface area contributed by atoms with Crippen LogP contribution in [0.1, 0.15) is 29.3 Å². The molecule has 0 amide bonds. The molecule has 7 nitrogen and oxygen atoms in total. The highest BCUT2D eigenvalue weighted by Crippen LogP contribution is 2.29. The minimum Gasteiger partial charge on any atom is -0.449 e. The molecule has 3 aromatic rings. The third-order valence-electron chi connectivity index (χ3n) is 3.31. The van der Waals surface area contributed by atoms with Crippen molar-refractivity contribution >= 4 is 34.9 Å². The minimum absolute atomic E-state index is 0.0661. The van der Waals surface area contributed by atoms with Gasteiger partial charge in [-0.25, -0.2) is 4.79 Å². The van der Waals surface area contributed by atoms with E-state index >= 15 is 0 Å². The number of carbonyl (C=O) groups excluding carboxylic acids is 1. The molecule has 0 saturated carbocycles. The number of pyridine rings is 1. The first-order valence-electron chi connectivity index (χ1n) is 7.15. The summed E-state index contributed by atoms with van der Waals surface area (Å²) in [4.78, 5) is 20.5. The molecular weight excluding hydrogens is 367 g/mol. The van der Waals surface area contributed by atoms with Gasteiger partial charge in [0.05, 0.1) is 16.3 Å². The molecule has 0 spiro atoms. The van der Waals surface area contributed by atoms with Gasteiger partial charge in [-0.15, -0.1) is 0 Å². The first kappa shape index (κ1) is 17.2. The van der Waals surface area contributed by atoms with Crippen LogP contribution in [0.4, 0.5) is 5.69 Å². The Bertz CT molecular complexity index is 915. The summed E-state index contributed by atoms with van der Waals surface area (Å²) in [6.45, 7) is 1.60. The molecule has 0 radical (unpaired) electrons. The lowest BCUT2D eigenvalue weighted by Gasteiger charge is -2.11. The number of ether oxygens (including phenoxy) is 1. The third-order valence-corrected chi connectivity index (χ3v) is 3.84. The standard InChI is InChI=1S/C16H12Cl2N4O3/c1-8(15-21-14(22-25-15)9-3-2-4-20-7-9)24-16(23)11-5-10(17)6-12(18)13(11)19/h2-8H,19H2,1H3/t8-/m1/s1. The highest BCUT2D eigenvalue weighted by atomic mass is 35.5. The molecule has 1 atom stereocenters. The van der Waals surface area contributed by atoms with Gasteiger partial charge in [0, 0.05) is 23.0 Å². The van der Waals surface area contributed by atoms with E-state index in [1.807, 2.05) is 0 Å². The first-order chi connectivity index (χ1) is 12.0. The van der Waals surface area contributed by atoms with Crippen molar-refractivity contribution in [2.24, 2.45) is 0 Å². The number of rotatable bonds is 4. The predicted octanol–water partition coefficient (Wildman–Crippen LogP) is 3.94. The maximum absolute atomic E-state index is 12.3. The van der Waals surface area contributed by atoms with E-state index in [0.717, 1.165) is 0 Å². The average molecular weight is 379 g/mol. The molecule has 2 heterocycles. The second kappa shape index (κ2) is 7.08. The van der Waals surface area contributed by atoms with Crippen molar-refractivity contribution in [3.8, 4) is 11.4 Å². The molecule has 0 aliphatic heterocycles. The van der Waals surface area contributed by atoms with E-state index in [0.29, 0.717) is 11.4 Å². The molecule has 3 rings (SSSR count). The number of halogens is 2. The molecule has 25 heavy (non-hydrogen) atoms. The third kappa shape index (κ3) is 3.72. The number of carbonyl (C=O) groups is 1. The number of anilines is 1. The fourth-order valence-electron chi connectivity index (χ4n) is 2.04. The van der Waals surface area contributed by atoms with E-state index in [-0.39, 0.29) is 27.2 Å². The summed E-state index contributed by atoms with van der Waals surface area (Å²) in [5.41, 5.74) is 6.63. The summed E-state index contributed by atoms with van der Waals surface area (Å²) in [5, 5.41) is 4.29. The van der Waals surface area contributed by atoms with Gasteiger partial charge in [0.25, 0.3) is 5.89 Å². The van der Waals surface area contributed by atoms with Gasteiger partial charge in [0.1, 0.15) is 0 Å². The summed E-state index contributed by atoms with van der Waals surface area (Å²) in [6, 6.07) is 6.36. The number of aromatic nitrogens is 3. The SMILES string of the molecule is C[C@@H](OC(=O)c1cc(Cl)cc(Cl)c1N)c1nc(-c2cccnc2)no1. The summed E-state index contributed by atoms with van der Waals surface area (Å²) in [7, 11) is 0. The fourth-order valence-corrected chi connectivity index (χ4v) is 2.53. The van der Waals surface area contributed by atoms with Gasteiger partial charge < -0.3 is 15.0 Å². The predicted molar refractivity (Wildman–Crippen MR) is 92.2 cm³/mol. The monoisotopic (exact) mass is 378 g/mol.